The fourth-order valence-electron chi connectivity index (χ4n) is 5.01. The fraction of sp³-hybridized carbons (Fsp3) is 0.308. The van der Waals surface area contributed by atoms with Gasteiger partial charge in [-0.15, -0.1) is 0 Å². The first-order valence-corrected chi connectivity index (χ1v) is 11.7. The number of fused-ring (bicyclic) bond motifs is 2. The molecule has 35 heavy (non-hydrogen) atoms. The van der Waals surface area contributed by atoms with Crippen LogP contribution in [0.2, 0.25) is 0 Å². The van der Waals surface area contributed by atoms with Gasteiger partial charge in [0.05, 0.1) is 13.2 Å². The molecule has 1 saturated heterocycles. The number of primary amides is 1. The normalized spacial score (nSPS) is 18.0. The number of hydrogen-bond donors (Lipinski definition) is 1. The zero-order chi connectivity index (χ0) is 24.2. The van der Waals surface area contributed by atoms with Crippen LogP contribution in [0.15, 0.2) is 48.8 Å². The van der Waals surface area contributed by atoms with Gasteiger partial charge in [0.25, 0.3) is 5.91 Å². The Morgan fingerprint density at radius 1 is 1.00 bits per heavy atom. The molecular weight excluding hydrogens is 449 g/mol. The predicted molar refractivity (Wildman–Crippen MR) is 127 cm³/mol. The van der Waals surface area contributed by atoms with Crippen LogP contribution < -0.4 is 10.6 Å². The molecule has 2 aliphatic heterocycles. The average molecular weight is 474 g/mol. The minimum atomic E-state index is -0.630. The summed E-state index contributed by atoms with van der Waals surface area (Å²) in [5.74, 6) is -0.634. The van der Waals surface area contributed by atoms with Crippen LogP contribution in [-0.4, -0.2) is 59.5 Å². The van der Waals surface area contributed by atoms with E-state index in [4.69, 9.17) is 10.5 Å². The average Bonchev–Trinajstić information content (AvgIpc) is 3.60. The number of rotatable bonds is 4. The molecule has 6 rings (SSSR count). The first-order valence-electron chi connectivity index (χ1n) is 11.7. The molecule has 8 nitrogen and oxygen atoms in total. The van der Waals surface area contributed by atoms with E-state index in [2.05, 4.69) is 16.0 Å². The van der Waals surface area contributed by atoms with Crippen molar-refractivity contribution < 1.29 is 18.7 Å². The summed E-state index contributed by atoms with van der Waals surface area (Å²) >= 11 is 0. The Morgan fingerprint density at radius 3 is 2.40 bits per heavy atom. The number of nitrogens with zero attached hydrogens (tertiary/aromatic N) is 4. The topological polar surface area (TPSA) is 102 Å². The second-order valence-corrected chi connectivity index (χ2v) is 9.33. The Balaban J connectivity index is 1.32. The third-order valence-corrected chi connectivity index (χ3v) is 7.16. The summed E-state index contributed by atoms with van der Waals surface area (Å²) in [6.07, 6.45) is 5.25. The van der Waals surface area contributed by atoms with E-state index in [1.807, 2.05) is 21.9 Å². The first kappa shape index (κ1) is 21.7. The lowest BCUT2D eigenvalue weighted by Gasteiger charge is -2.27. The smallest absolute Gasteiger partial charge is 0.254 e. The van der Waals surface area contributed by atoms with Gasteiger partial charge in [-0.1, -0.05) is 6.07 Å². The number of amides is 2. The molecule has 2 fully saturated rings. The van der Waals surface area contributed by atoms with Crippen LogP contribution in [0.3, 0.4) is 0 Å². The Hall–Kier alpha value is -3.85. The van der Waals surface area contributed by atoms with Crippen molar-refractivity contribution in [3.05, 3.63) is 71.3 Å². The van der Waals surface area contributed by atoms with Gasteiger partial charge in [-0.2, -0.15) is 0 Å². The van der Waals surface area contributed by atoms with Crippen LogP contribution in [0.1, 0.15) is 39.1 Å². The van der Waals surface area contributed by atoms with Crippen molar-refractivity contribution in [3.8, 4) is 11.1 Å². The van der Waals surface area contributed by atoms with Gasteiger partial charge in [0, 0.05) is 65.4 Å². The molecule has 1 saturated carbocycles. The van der Waals surface area contributed by atoms with Gasteiger partial charge in [0.15, 0.2) is 0 Å². The molecule has 1 spiro atoms. The second kappa shape index (κ2) is 8.13. The molecule has 0 bridgehead atoms. The number of carbonyl (C=O) groups is 2. The second-order valence-electron chi connectivity index (χ2n) is 9.33. The summed E-state index contributed by atoms with van der Waals surface area (Å²) in [5.41, 5.74) is 9.08. The first-order chi connectivity index (χ1) is 16.9. The highest BCUT2D eigenvalue weighted by molar-refractivity contribution is 5.96. The Morgan fingerprint density at radius 2 is 1.71 bits per heavy atom. The molecule has 2 aromatic carbocycles. The maximum atomic E-state index is 14.4. The number of hydrogen-bond acceptors (Lipinski definition) is 6. The van der Waals surface area contributed by atoms with Crippen LogP contribution >= 0.6 is 0 Å². The lowest BCUT2D eigenvalue weighted by molar-refractivity contribution is 0.0303. The maximum absolute atomic E-state index is 14.4. The van der Waals surface area contributed by atoms with Crippen molar-refractivity contribution >= 4 is 23.5 Å². The number of carbonyl (C=O) groups excluding carboxylic acids is 2. The lowest BCUT2D eigenvalue weighted by Crippen LogP contribution is -2.40. The summed E-state index contributed by atoms with van der Waals surface area (Å²) < 4.78 is 19.8. The Kier molecular flexibility index (Phi) is 5.03. The van der Waals surface area contributed by atoms with E-state index in [1.54, 1.807) is 12.4 Å². The summed E-state index contributed by atoms with van der Waals surface area (Å²) in [6, 6.07) is 9.89. The van der Waals surface area contributed by atoms with Gasteiger partial charge in [0.2, 0.25) is 11.9 Å². The highest BCUT2D eigenvalue weighted by Crippen LogP contribution is 2.57. The van der Waals surface area contributed by atoms with Crippen molar-refractivity contribution in [3.63, 3.8) is 0 Å². The number of aromatic nitrogens is 2. The van der Waals surface area contributed by atoms with E-state index >= 15 is 0 Å². The molecule has 178 valence electrons. The minimum Gasteiger partial charge on any atom is -0.378 e. The largest absolute Gasteiger partial charge is 0.378 e. The third-order valence-electron chi connectivity index (χ3n) is 7.16. The zero-order valence-electron chi connectivity index (χ0n) is 19.0. The quantitative estimate of drug-likeness (QED) is 0.625. The number of nitrogens with two attached hydrogens (primary N) is 1. The number of halogens is 1. The van der Waals surface area contributed by atoms with Gasteiger partial charge in [-0.05, 0) is 48.7 Å². The van der Waals surface area contributed by atoms with Crippen molar-refractivity contribution in [2.45, 2.75) is 18.3 Å². The van der Waals surface area contributed by atoms with Crippen LogP contribution in [0.4, 0.5) is 16.0 Å². The van der Waals surface area contributed by atoms with Crippen molar-refractivity contribution in [2.75, 3.05) is 37.7 Å². The van der Waals surface area contributed by atoms with Crippen molar-refractivity contribution in [1.29, 1.82) is 0 Å². The number of anilines is 2. The van der Waals surface area contributed by atoms with E-state index in [0.717, 1.165) is 25.1 Å². The maximum Gasteiger partial charge on any atom is 0.254 e. The summed E-state index contributed by atoms with van der Waals surface area (Å²) in [5, 5.41) is 0. The van der Waals surface area contributed by atoms with Crippen LogP contribution in [0, 0.1) is 5.82 Å². The monoisotopic (exact) mass is 473 g/mol. The Bertz CT molecular complexity index is 1330. The van der Waals surface area contributed by atoms with Gasteiger partial charge in [-0.25, -0.2) is 14.4 Å². The molecule has 2 amide bonds. The minimum absolute atomic E-state index is 0.00567. The molecule has 0 radical (unpaired) electrons. The fourth-order valence-corrected chi connectivity index (χ4v) is 5.01. The van der Waals surface area contributed by atoms with E-state index in [-0.39, 0.29) is 22.4 Å². The standard InChI is InChI=1S/C26H24FN5O3/c27-21-4-2-16(23(28)33)11-19(21)18-13-29-25(30-14-18)32-15-26(5-6-26)20-3-1-17(12-22(20)32)24(34)31-7-9-35-10-8-31/h1-4,11-14H,5-10,15H2,(H2,28,33). The molecule has 3 heterocycles. The van der Waals surface area contributed by atoms with Crippen LogP contribution in [0.25, 0.3) is 11.1 Å². The molecule has 9 heteroatoms. The van der Waals surface area contributed by atoms with Gasteiger partial charge >= 0.3 is 0 Å². The van der Waals surface area contributed by atoms with Gasteiger partial charge < -0.3 is 20.3 Å². The highest BCUT2D eigenvalue weighted by atomic mass is 19.1. The van der Waals surface area contributed by atoms with E-state index in [1.165, 1.54) is 23.8 Å². The lowest BCUT2D eigenvalue weighted by atomic mass is 9.97. The number of benzene rings is 2. The summed E-state index contributed by atoms with van der Waals surface area (Å²) in [7, 11) is 0. The molecule has 2 N–H and O–H groups in total. The summed E-state index contributed by atoms with van der Waals surface area (Å²) in [6.45, 7) is 3.01. The molecular formula is C26H24FN5O3. The van der Waals surface area contributed by atoms with Gasteiger partial charge in [0.1, 0.15) is 5.82 Å². The molecule has 3 aliphatic rings. The van der Waals surface area contributed by atoms with E-state index < -0.39 is 11.7 Å². The number of ether oxygens (including phenoxy) is 1. The molecule has 3 aromatic rings. The molecule has 0 atom stereocenters. The zero-order valence-corrected chi connectivity index (χ0v) is 19.0. The molecule has 1 aliphatic carbocycles. The van der Waals surface area contributed by atoms with Crippen LogP contribution in [0.5, 0.6) is 0 Å². The third kappa shape index (κ3) is 3.72. The van der Waals surface area contributed by atoms with E-state index in [0.29, 0.717) is 43.4 Å². The SMILES string of the molecule is NC(=O)c1ccc(F)c(-c2cnc(N3CC4(CC4)c4ccc(C(=O)N5CCOCC5)cc43)nc2)c1. The molecule has 1 aromatic heterocycles. The Labute approximate surface area is 201 Å². The van der Waals surface area contributed by atoms with E-state index in [9.17, 15) is 14.0 Å². The van der Waals surface area contributed by atoms with Crippen LogP contribution in [-0.2, 0) is 10.2 Å². The highest BCUT2D eigenvalue weighted by Gasteiger charge is 2.52. The predicted octanol–water partition coefficient (Wildman–Crippen LogP) is 3.04. The molecule has 0 unspecified atom stereocenters. The van der Waals surface area contributed by atoms with Gasteiger partial charge in [-0.3, -0.25) is 9.59 Å². The summed E-state index contributed by atoms with van der Waals surface area (Å²) in [4.78, 5) is 37.5. The number of morpholine rings is 1. The van der Waals surface area contributed by atoms with Crippen molar-refractivity contribution in [1.82, 2.24) is 14.9 Å². The van der Waals surface area contributed by atoms with Crippen molar-refractivity contribution in [2.24, 2.45) is 5.73 Å².